The molecule has 0 amide bonds. The van der Waals surface area contributed by atoms with Crippen LogP contribution in [0.25, 0.3) is 0 Å². The van der Waals surface area contributed by atoms with Crippen LogP contribution in [0.1, 0.15) is 16.7 Å². The van der Waals surface area contributed by atoms with Crippen molar-refractivity contribution in [2.75, 3.05) is 12.4 Å². The van der Waals surface area contributed by atoms with Crippen LogP contribution in [0.5, 0.6) is 17.2 Å². The predicted octanol–water partition coefficient (Wildman–Crippen LogP) is 4.90. The Hall–Kier alpha value is -3.14. The van der Waals surface area contributed by atoms with E-state index >= 15 is 0 Å². The van der Waals surface area contributed by atoms with Crippen molar-refractivity contribution in [3.05, 3.63) is 83.4 Å². The van der Waals surface area contributed by atoms with Crippen molar-refractivity contribution in [1.82, 2.24) is 0 Å². The Labute approximate surface area is 154 Å². The number of anilines is 1. The molecule has 3 rings (SSSR count). The van der Waals surface area contributed by atoms with Crippen LogP contribution in [0.2, 0.25) is 0 Å². The normalized spacial score (nSPS) is 10.4. The number of rotatable bonds is 7. The summed E-state index contributed by atoms with van der Waals surface area (Å²) in [6, 6.07) is 21.1. The number of hydrogen-bond acceptors (Lipinski definition) is 4. The van der Waals surface area contributed by atoms with Crippen LogP contribution >= 0.6 is 0 Å². The lowest BCUT2D eigenvalue weighted by atomic mass is 10.1. The first-order chi connectivity index (χ1) is 12.7. The molecule has 0 radical (unpaired) electrons. The van der Waals surface area contributed by atoms with Crippen molar-refractivity contribution in [1.29, 1.82) is 0 Å². The SMILES string of the molecule is COc1cc(CNc2ccc(O)cc2)ccc1OCc1ccccc1C. The fraction of sp³-hybridized carbons (Fsp3) is 0.182. The van der Waals surface area contributed by atoms with E-state index in [0.29, 0.717) is 18.9 Å². The van der Waals surface area contributed by atoms with Gasteiger partial charge in [0.25, 0.3) is 0 Å². The minimum atomic E-state index is 0.257. The average Bonchev–Trinajstić information content (AvgIpc) is 2.67. The zero-order valence-electron chi connectivity index (χ0n) is 15.0. The van der Waals surface area contributed by atoms with Crippen molar-refractivity contribution in [3.8, 4) is 17.2 Å². The standard InChI is InChI=1S/C22H23NO3/c1-16-5-3-4-6-18(16)15-26-21-12-7-17(13-22(21)25-2)14-23-19-8-10-20(24)11-9-19/h3-13,23-24H,14-15H2,1-2H3. The maximum absolute atomic E-state index is 9.33. The summed E-state index contributed by atoms with van der Waals surface area (Å²) in [4.78, 5) is 0. The summed E-state index contributed by atoms with van der Waals surface area (Å²) in [7, 11) is 1.65. The molecule has 0 aromatic heterocycles. The molecule has 0 heterocycles. The second-order valence-corrected chi connectivity index (χ2v) is 6.10. The van der Waals surface area contributed by atoms with Gasteiger partial charge in [0.1, 0.15) is 12.4 Å². The molecule has 0 aliphatic rings. The largest absolute Gasteiger partial charge is 0.508 e. The van der Waals surface area contributed by atoms with Gasteiger partial charge in [-0.25, -0.2) is 0 Å². The fourth-order valence-corrected chi connectivity index (χ4v) is 2.65. The molecule has 0 unspecified atom stereocenters. The van der Waals surface area contributed by atoms with Gasteiger partial charge in [0, 0.05) is 12.2 Å². The lowest BCUT2D eigenvalue weighted by molar-refractivity contribution is 0.283. The quantitative estimate of drug-likeness (QED) is 0.596. The third kappa shape index (κ3) is 4.48. The Bertz CT molecular complexity index is 860. The van der Waals surface area contributed by atoms with Crippen molar-refractivity contribution >= 4 is 5.69 Å². The molecule has 0 saturated carbocycles. The number of nitrogens with one attached hydrogen (secondary N) is 1. The smallest absolute Gasteiger partial charge is 0.161 e. The zero-order valence-corrected chi connectivity index (χ0v) is 15.0. The molecule has 0 saturated heterocycles. The third-order valence-electron chi connectivity index (χ3n) is 4.24. The summed E-state index contributed by atoms with van der Waals surface area (Å²) in [5.74, 6) is 1.69. The zero-order chi connectivity index (χ0) is 18.4. The lowest BCUT2D eigenvalue weighted by Crippen LogP contribution is -2.02. The molecule has 4 heteroatoms. The highest BCUT2D eigenvalue weighted by Crippen LogP contribution is 2.29. The van der Waals surface area contributed by atoms with Crippen LogP contribution in [0, 0.1) is 6.92 Å². The molecule has 134 valence electrons. The molecule has 2 N–H and O–H groups in total. The minimum absolute atomic E-state index is 0.257. The second-order valence-electron chi connectivity index (χ2n) is 6.10. The summed E-state index contributed by atoms with van der Waals surface area (Å²) in [6.07, 6.45) is 0. The van der Waals surface area contributed by atoms with E-state index in [4.69, 9.17) is 9.47 Å². The number of ether oxygens (including phenoxy) is 2. The van der Waals surface area contributed by atoms with Gasteiger partial charge < -0.3 is 19.9 Å². The number of aromatic hydroxyl groups is 1. The van der Waals surface area contributed by atoms with Crippen molar-refractivity contribution in [2.45, 2.75) is 20.1 Å². The van der Waals surface area contributed by atoms with E-state index in [2.05, 4.69) is 24.4 Å². The maximum Gasteiger partial charge on any atom is 0.161 e. The van der Waals surface area contributed by atoms with Gasteiger partial charge in [0.15, 0.2) is 11.5 Å². The number of hydrogen-bond donors (Lipinski definition) is 2. The molecule has 26 heavy (non-hydrogen) atoms. The van der Waals surface area contributed by atoms with E-state index < -0.39 is 0 Å². The maximum atomic E-state index is 9.33. The van der Waals surface area contributed by atoms with Crippen LogP contribution in [0.3, 0.4) is 0 Å². The van der Waals surface area contributed by atoms with E-state index in [-0.39, 0.29) is 5.75 Å². The Balaban J connectivity index is 1.65. The van der Waals surface area contributed by atoms with Crippen molar-refractivity contribution in [2.24, 2.45) is 0 Å². The Morgan fingerprint density at radius 3 is 2.42 bits per heavy atom. The number of benzene rings is 3. The van der Waals surface area contributed by atoms with E-state index in [0.717, 1.165) is 22.6 Å². The highest BCUT2D eigenvalue weighted by Gasteiger charge is 2.07. The summed E-state index contributed by atoms with van der Waals surface area (Å²) >= 11 is 0. The average molecular weight is 349 g/mol. The second kappa shape index (κ2) is 8.30. The van der Waals surface area contributed by atoms with Gasteiger partial charge in [-0.2, -0.15) is 0 Å². The monoisotopic (exact) mass is 349 g/mol. The van der Waals surface area contributed by atoms with Crippen molar-refractivity contribution < 1.29 is 14.6 Å². The first-order valence-corrected chi connectivity index (χ1v) is 8.53. The number of phenols is 1. The van der Waals surface area contributed by atoms with E-state index in [1.807, 2.05) is 42.5 Å². The van der Waals surface area contributed by atoms with Gasteiger partial charge in [0.2, 0.25) is 0 Å². The van der Waals surface area contributed by atoms with Crippen LogP contribution in [0.4, 0.5) is 5.69 Å². The molecule has 4 nitrogen and oxygen atoms in total. The topological polar surface area (TPSA) is 50.7 Å². The molecule has 0 aliphatic carbocycles. The van der Waals surface area contributed by atoms with Gasteiger partial charge >= 0.3 is 0 Å². The van der Waals surface area contributed by atoms with Gasteiger partial charge in [-0.15, -0.1) is 0 Å². The van der Waals surface area contributed by atoms with Gasteiger partial charge in [0.05, 0.1) is 7.11 Å². The molecule has 0 atom stereocenters. The molecule has 0 fully saturated rings. The first kappa shape index (κ1) is 17.7. The Morgan fingerprint density at radius 2 is 1.69 bits per heavy atom. The summed E-state index contributed by atoms with van der Waals surface area (Å²) in [5.41, 5.74) is 4.40. The summed E-state index contributed by atoms with van der Waals surface area (Å²) in [6.45, 7) is 3.24. The summed E-state index contributed by atoms with van der Waals surface area (Å²) < 4.78 is 11.4. The Morgan fingerprint density at radius 1 is 0.923 bits per heavy atom. The van der Waals surface area contributed by atoms with Crippen LogP contribution in [-0.2, 0) is 13.2 Å². The molecule has 0 spiro atoms. The van der Waals surface area contributed by atoms with Crippen LogP contribution in [-0.4, -0.2) is 12.2 Å². The van der Waals surface area contributed by atoms with E-state index in [1.165, 1.54) is 5.56 Å². The molecule has 0 bridgehead atoms. The number of phenolic OH excluding ortho intramolecular Hbond substituents is 1. The number of methoxy groups -OCH3 is 1. The predicted molar refractivity (Wildman–Crippen MR) is 104 cm³/mol. The third-order valence-corrected chi connectivity index (χ3v) is 4.24. The van der Waals surface area contributed by atoms with Crippen LogP contribution in [0.15, 0.2) is 66.7 Å². The molecule has 0 aliphatic heterocycles. The van der Waals surface area contributed by atoms with E-state index in [1.54, 1.807) is 19.2 Å². The lowest BCUT2D eigenvalue weighted by Gasteiger charge is -2.14. The minimum Gasteiger partial charge on any atom is -0.508 e. The highest BCUT2D eigenvalue weighted by atomic mass is 16.5. The van der Waals surface area contributed by atoms with Crippen LogP contribution < -0.4 is 14.8 Å². The van der Waals surface area contributed by atoms with Gasteiger partial charge in [-0.3, -0.25) is 0 Å². The fourth-order valence-electron chi connectivity index (χ4n) is 2.65. The summed E-state index contributed by atoms with van der Waals surface area (Å²) in [5, 5.41) is 12.6. The molecule has 3 aromatic rings. The number of aryl methyl sites for hydroxylation is 1. The highest BCUT2D eigenvalue weighted by molar-refractivity contribution is 5.48. The van der Waals surface area contributed by atoms with Crippen molar-refractivity contribution in [3.63, 3.8) is 0 Å². The molecular formula is C22H23NO3. The van der Waals surface area contributed by atoms with Gasteiger partial charge in [-0.05, 0) is 60.0 Å². The molecular weight excluding hydrogens is 326 g/mol. The Kier molecular flexibility index (Phi) is 5.64. The molecule has 3 aromatic carbocycles. The first-order valence-electron chi connectivity index (χ1n) is 8.53. The van der Waals surface area contributed by atoms with E-state index in [9.17, 15) is 5.11 Å². The van der Waals surface area contributed by atoms with Gasteiger partial charge in [-0.1, -0.05) is 30.3 Å².